The molecule has 0 spiro atoms. The van der Waals surface area contributed by atoms with Crippen LogP contribution in [0.4, 0.5) is 0 Å². The fourth-order valence-electron chi connectivity index (χ4n) is 4.88. The van der Waals surface area contributed by atoms with E-state index in [2.05, 4.69) is 13.8 Å². The van der Waals surface area contributed by atoms with Crippen molar-refractivity contribution in [3.8, 4) is 0 Å². The average molecular weight is 542 g/mol. The van der Waals surface area contributed by atoms with Crippen LogP contribution in [-0.4, -0.2) is 72.3 Å². The van der Waals surface area contributed by atoms with Crippen molar-refractivity contribution in [1.29, 1.82) is 0 Å². The van der Waals surface area contributed by atoms with Crippen LogP contribution in [0.2, 0.25) is 0 Å². The number of amides is 2. The summed E-state index contributed by atoms with van der Waals surface area (Å²) in [6.45, 7) is 9.71. The highest BCUT2D eigenvalue weighted by molar-refractivity contribution is 7.89. The van der Waals surface area contributed by atoms with E-state index in [9.17, 15) is 18.0 Å². The molecule has 3 rings (SSSR count). The molecule has 0 atom stereocenters. The smallest absolute Gasteiger partial charge is 0.253 e. The molecule has 1 fully saturated rings. The van der Waals surface area contributed by atoms with Crippen LogP contribution in [0.1, 0.15) is 67.9 Å². The fourth-order valence-corrected chi connectivity index (χ4v) is 6.35. The van der Waals surface area contributed by atoms with Crippen molar-refractivity contribution in [1.82, 2.24) is 14.1 Å². The van der Waals surface area contributed by atoms with Crippen LogP contribution in [0.3, 0.4) is 0 Å². The lowest BCUT2D eigenvalue weighted by Gasteiger charge is -2.39. The molecule has 2 amide bonds. The van der Waals surface area contributed by atoms with Gasteiger partial charge in [0.25, 0.3) is 5.91 Å². The zero-order valence-corrected chi connectivity index (χ0v) is 24.1. The van der Waals surface area contributed by atoms with Gasteiger partial charge in [0.15, 0.2) is 0 Å². The molecule has 1 saturated heterocycles. The first-order chi connectivity index (χ1) is 18.1. The molecule has 0 bridgehead atoms. The van der Waals surface area contributed by atoms with Crippen LogP contribution in [0.25, 0.3) is 0 Å². The zero-order chi connectivity index (χ0) is 27.7. The molecule has 7 nitrogen and oxygen atoms in total. The molecular weight excluding hydrogens is 498 g/mol. The van der Waals surface area contributed by atoms with Gasteiger partial charge in [-0.05, 0) is 61.8 Å². The third kappa shape index (κ3) is 8.14. The number of carbonyl (C=O) groups excluding carboxylic acids is 2. The van der Waals surface area contributed by atoms with E-state index >= 15 is 0 Å². The van der Waals surface area contributed by atoms with Gasteiger partial charge in [0.05, 0.1) is 12.3 Å². The van der Waals surface area contributed by atoms with E-state index in [1.807, 2.05) is 78.2 Å². The van der Waals surface area contributed by atoms with Gasteiger partial charge in [0.1, 0.15) is 0 Å². The number of piperidine rings is 1. The second-order valence-electron chi connectivity index (χ2n) is 10.7. The third-order valence-corrected chi connectivity index (χ3v) is 9.28. The first-order valence-electron chi connectivity index (χ1n) is 13.8. The fraction of sp³-hybridized carbons (Fsp3) is 0.533. The molecular formula is C30H43N3O4S. The molecule has 0 saturated carbocycles. The van der Waals surface area contributed by atoms with E-state index in [0.29, 0.717) is 63.3 Å². The molecule has 208 valence electrons. The van der Waals surface area contributed by atoms with Gasteiger partial charge in [0.2, 0.25) is 15.9 Å². The van der Waals surface area contributed by atoms with Gasteiger partial charge in [-0.25, -0.2) is 8.42 Å². The van der Waals surface area contributed by atoms with Crippen LogP contribution < -0.4 is 0 Å². The van der Waals surface area contributed by atoms with E-state index in [-0.39, 0.29) is 30.2 Å². The number of hydrogen-bond donors (Lipinski definition) is 0. The minimum absolute atomic E-state index is 0.00588. The summed E-state index contributed by atoms with van der Waals surface area (Å²) in [6.07, 6.45) is 2.53. The largest absolute Gasteiger partial charge is 0.338 e. The number of sulfonamides is 1. The van der Waals surface area contributed by atoms with Crippen molar-refractivity contribution >= 4 is 21.8 Å². The summed E-state index contributed by atoms with van der Waals surface area (Å²) in [6, 6.07) is 17.2. The maximum absolute atomic E-state index is 13.8. The van der Waals surface area contributed by atoms with Crippen LogP contribution in [0, 0.1) is 12.8 Å². The van der Waals surface area contributed by atoms with Crippen LogP contribution >= 0.6 is 0 Å². The van der Waals surface area contributed by atoms with Gasteiger partial charge >= 0.3 is 0 Å². The average Bonchev–Trinajstić information content (AvgIpc) is 2.90. The van der Waals surface area contributed by atoms with Crippen molar-refractivity contribution in [3.63, 3.8) is 0 Å². The molecule has 0 aliphatic carbocycles. The number of rotatable bonds is 12. The summed E-state index contributed by atoms with van der Waals surface area (Å²) in [5.74, 6) is 0.200. The molecule has 1 aliphatic rings. The molecule has 0 radical (unpaired) electrons. The summed E-state index contributed by atoms with van der Waals surface area (Å²) >= 11 is 0. The van der Waals surface area contributed by atoms with E-state index in [4.69, 9.17) is 0 Å². The third-order valence-electron chi connectivity index (χ3n) is 7.26. The highest BCUT2D eigenvalue weighted by atomic mass is 32.2. The maximum atomic E-state index is 13.8. The highest BCUT2D eigenvalue weighted by Crippen LogP contribution is 2.23. The molecule has 0 unspecified atom stereocenters. The number of carbonyl (C=O) groups is 2. The second-order valence-corrected chi connectivity index (χ2v) is 12.8. The molecule has 1 aliphatic heterocycles. The van der Waals surface area contributed by atoms with Crippen LogP contribution in [0.15, 0.2) is 54.6 Å². The first kappa shape index (κ1) is 29.8. The van der Waals surface area contributed by atoms with Crippen molar-refractivity contribution < 1.29 is 18.0 Å². The summed E-state index contributed by atoms with van der Waals surface area (Å²) in [5, 5.41) is 0. The van der Waals surface area contributed by atoms with E-state index in [1.54, 1.807) is 0 Å². The Morgan fingerprint density at radius 2 is 1.63 bits per heavy atom. The standard InChI is InChI=1S/C30H43N3O4S/c1-5-21-38(36,37)32(20-15-24(2)3)23-29(34)33(22-27-14-10-9-11-25(27)4)28-16-18-31(19-17-28)30(35)26-12-7-6-8-13-26/h6-14,24,28H,5,15-23H2,1-4H3. The number of nitrogens with zero attached hydrogens (tertiary/aromatic N) is 3. The Bertz CT molecular complexity index is 1160. The Hall–Kier alpha value is -2.71. The molecule has 38 heavy (non-hydrogen) atoms. The number of hydrogen-bond acceptors (Lipinski definition) is 4. The highest BCUT2D eigenvalue weighted by Gasteiger charge is 2.33. The van der Waals surface area contributed by atoms with Crippen molar-refractivity contribution in [2.45, 2.75) is 66.0 Å². The monoisotopic (exact) mass is 541 g/mol. The van der Waals surface area contributed by atoms with Crippen LogP contribution in [-0.2, 0) is 21.4 Å². The lowest BCUT2D eigenvalue weighted by atomic mass is 10.00. The zero-order valence-electron chi connectivity index (χ0n) is 23.3. The van der Waals surface area contributed by atoms with Gasteiger partial charge in [0, 0.05) is 37.8 Å². The van der Waals surface area contributed by atoms with E-state index < -0.39 is 10.0 Å². The van der Waals surface area contributed by atoms with Gasteiger partial charge in [-0.1, -0.05) is 63.2 Å². The lowest BCUT2D eigenvalue weighted by Crippen LogP contribution is -2.51. The van der Waals surface area contributed by atoms with Crippen LogP contribution in [0.5, 0.6) is 0 Å². The summed E-state index contributed by atoms with van der Waals surface area (Å²) in [5.41, 5.74) is 2.81. The Kier molecular flexibility index (Phi) is 10.9. The minimum Gasteiger partial charge on any atom is -0.338 e. The lowest BCUT2D eigenvalue weighted by molar-refractivity contribution is -0.135. The second kappa shape index (κ2) is 13.9. The first-order valence-corrected chi connectivity index (χ1v) is 15.4. The quantitative estimate of drug-likeness (QED) is 0.390. The van der Waals surface area contributed by atoms with Gasteiger partial charge < -0.3 is 9.80 Å². The Morgan fingerprint density at radius 3 is 2.24 bits per heavy atom. The minimum atomic E-state index is -3.53. The Morgan fingerprint density at radius 1 is 1.00 bits per heavy atom. The molecule has 2 aromatic rings. The molecule has 2 aromatic carbocycles. The molecule has 1 heterocycles. The Labute approximate surface area is 228 Å². The molecule has 8 heteroatoms. The van der Waals surface area contributed by atoms with Crippen molar-refractivity contribution in [2.24, 2.45) is 5.92 Å². The van der Waals surface area contributed by atoms with E-state index in [1.165, 1.54) is 4.31 Å². The summed E-state index contributed by atoms with van der Waals surface area (Å²) in [4.78, 5) is 30.5. The molecule has 0 N–H and O–H groups in total. The number of likely N-dealkylation sites (tertiary alicyclic amines) is 1. The number of aryl methyl sites for hydroxylation is 1. The van der Waals surface area contributed by atoms with E-state index in [0.717, 1.165) is 11.1 Å². The predicted octanol–water partition coefficient (Wildman–Crippen LogP) is 4.72. The predicted molar refractivity (Wildman–Crippen MR) is 152 cm³/mol. The summed E-state index contributed by atoms with van der Waals surface area (Å²) < 4.78 is 27.5. The summed E-state index contributed by atoms with van der Waals surface area (Å²) in [7, 11) is -3.53. The SMILES string of the molecule is CCCS(=O)(=O)N(CCC(C)C)CC(=O)N(Cc1ccccc1C)C1CCN(C(=O)c2ccccc2)CC1. The topological polar surface area (TPSA) is 78.0 Å². The maximum Gasteiger partial charge on any atom is 0.253 e. The Balaban J connectivity index is 1.79. The van der Waals surface area contributed by atoms with Gasteiger partial charge in [-0.15, -0.1) is 0 Å². The van der Waals surface area contributed by atoms with Crippen molar-refractivity contribution in [3.05, 3.63) is 71.3 Å². The molecule has 0 aromatic heterocycles. The van der Waals surface area contributed by atoms with Crippen molar-refractivity contribution in [2.75, 3.05) is 31.9 Å². The van der Waals surface area contributed by atoms with Gasteiger partial charge in [-0.2, -0.15) is 4.31 Å². The van der Waals surface area contributed by atoms with Gasteiger partial charge in [-0.3, -0.25) is 9.59 Å². The number of benzene rings is 2. The normalized spacial score (nSPS) is 14.7.